The van der Waals surface area contributed by atoms with Crippen molar-refractivity contribution < 1.29 is 8.42 Å². The molecule has 1 saturated heterocycles. The lowest BCUT2D eigenvalue weighted by molar-refractivity contribution is 0.222. The summed E-state index contributed by atoms with van der Waals surface area (Å²) < 4.78 is 26.5. The van der Waals surface area contributed by atoms with Gasteiger partial charge in [0, 0.05) is 31.1 Å². The van der Waals surface area contributed by atoms with Gasteiger partial charge in [0.2, 0.25) is 0 Å². The van der Waals surface area contributed by atoms with E-state index >= 15 is 0 Å². The highest BCUT2D eigenvalue weighted by molar-refractivity contribution is 7.91. The van der Waals surface area contributed by atoms with Gasteiger partial charge in [0.15, 0.2) is 0 Å². The molecule has 16 heavy (non-hydrogen) atoms. The third kappa shape index (κ3) is 2.29. The number of rotatable bonds is 2. The van der Waals surface area contributed by atoms with Gasteiger partial charge in [0.1, 0.15) is 4.21 Å². The Labute approximate surface area is 101 Å². The molecule has 0 unspecified atom stereocenters. The van der Waals surface area contributed by atoms with Gasteiger partial charge in [-0.1, -0.05) is 0 Å². The van der Waals surface area contributed by atoms with E-state index in [2.05, 4.69) is 4.90 Å². The zero-order valence-electron chi connectivity index (χ0n) is 9.51. The summed E-state index contributed by atoms with van der Waals surface area (Å²) >= 11 is 1.35. The van der Waals surface area contributed by atoms with Crippen molar-refractivity contribution >= 4 is 21.4 Å². The van der Waals surface area contributed by atoms with Crippen LogP contribution in [0.4, 0.5) is 0 Å². The van der Waals surface area contributed by atoms with Crippen molar-refractivity contribution in [2.24, 2.45) is 0 Å². The molecule has 2 heterocycles. The van der Waals surface area contributed by atoms with Crippen LogP contribution in [0, 0.1) is 6.92 Å². The van der Waals surface area contributed by atoms with Crippen molar-refractivity contribution in [2.75, 3.05) is 33.2 Å². The standard InChI is InChI=1S/C10H16N2O2S2/c1-9-3-4-10(15-9)16(13,14)12-7-5-11(2)6-8-12/h3-4H,5-8H2,1-2H3. The van der Waals surface area contributed by atoms with E-state index in [0.29, 0.717) is 17.3 Å². The summed E-state index contributed by atoms with van der Waals surface area (Å²) in [5.74, 6) is 0. The third-order valence-electron chi connectivity index (χ3n) is 2.77. The first-order valence-corrected chi connectivity index (χ1v) is 7.51. The fourth-order valence-corrected chi connectivity index (χ4v) is 4.57. The minimum Gasteiger partial charge on any atom is -0.304 e. The second kappa shape index (κ2) is 4.44. The Kier molecular flexibility index (Phi) is 3.34. The number of aryl methyl sites for hydroxylation is 1. The van der Waals surface area contributed by atoms with E-state index in [1.54, 1.807) is 10.4 Å². The molecule has 0 N–H and O–H groups in total. The van der Waals surface area contributed by atoms with Gasteiger partial charge < -0.3 is 4.90 Å². The van der Waals surface area contributed by atoms with Crippen LogP contribution in [-0.2, 0) is 10.0 Å². The van der Waals surface area contributed by atoms with Crippen LogP contribution < -0.4 is 0 Å². The Bertz CT molecular complexity index is 459. The number of likely N-dealkylation sites (N-methyl/N-ethyl adjacent to an activating group) is 1. The summed E-state index contributed by atoms with van der Waals surface area (Å²) in [7, 11) is -1.23. The van der Waals surface area contributed by atoms with Crippen LogP contribution in [0.15, 0.2) is 16.3 Å². The largest absolute Gasteiger partial charge is 0.304 e. The van der Waals surface area contributed by atoms with Crippen molar-refractivity contribution in [2.45, 2.75) is 11.1 Å². The lowest BCUT2D eigenvalue weighted by atomic mass is 10.4. The molecule has 1 aliphatic heterocycles. The fraction of sp³-hybridized carbons (Fsp3) is 0.600. The molecule has 0 radical (unpaired) electrons. The summed E-state index contributed by atoms with van der Waals surface area (Å²) in [6.45, 7) is 4.73. The molecular formula is C10H16N2O2S2. The van der Waals surface area contributed by atoms with Gasteiger partial charge in [-0.05, 0) is 26.1 Å². The van der Waals surface area contributed by atoms with Gasteiger partial charge in [0.05, 0.1) is 0 Å². The van der Waals surface area contributed by atoms with E-state index in [0.717, 1.165) is 18.0 Å². The quantitative estimate of drug-likeness (QED) is 0.796. The molecule has 1 fully saturated rings. The molecule has 0 bridgehead atoms. The second-order valence-corrected chi connectivity index (χ2v) is 7.53. The molecule has 6 heteroatoms. The van der Waals surface area contributed by atoms with E-state index in [-0.39, 0.29) is 0 Å². The van der Waals surface area contributed by atoms with Crippen LogP contribution in [0.1, 0.15) is 4.88 Å². The van der Waals surface area contributed by atoms with E-state index < -0.39 is 10.0 Å². The smallest absolute Gasteiger partial charge is 0.252 e. The first kappa shape index (κ1) is 12.0. The Hall–Kier alpha value is -0.430. The number of nitrogens with zero attached hydrogens (tertiary/aromatic N) is 2. The lowest BCUT2D eigenvalue weighted by Gasteiger charge is -2.31. The molecule has 2 rings (SSSR count). The predicted molar refractivity (Wildman–Crippen MR) is 65.3 cm³/mol. The summed E-state index contributed by atoms with van der Waals surface area (Å²) in [6.07, 6.45) is 0. The number of thiophene rings is 1. The van der Waals surface area contributed by atoms with Gasteiger partial charge >= 0.3 is 0 Å². The molecule has 0 spiro atoms. The second-order valence-electron chi connectivity index (χ2n) is 4.07. The molecule has 0 aromatic carbocycles. The lowest BCUT2D eigenvalue weighted by Crippen LogP contribution is -2.46. The van der Waals surface area contributed by atoms with Gasteiger partial charge in [-0.2, -0.15) is 4.31 Å². The van der Waals surface area contributed by atoms with Crippen molar-refractivity contribution in [1.29, 1.82) is 0 Å². The summed E-state index contributed by atoms with van der Waals surface area (Å²) in [5, 5.41) is 0. The van der Waals surface area contributed by atoms with Crippen LogP contribution in [0.25, 0.3) is 0 Å². The monoisotopic (exact) mass is 260 g/mol. The number of sulfonamides is 1. The predicted octanol–water partition coefficient (Wildman–Crippen LogP) is 0.993. The Morgan fingerprint density at radius 1 is 1.19 bits per heavy atom. The molecule has 4 nitrogen and oxygen atoms in total. The minimum atomic E-state index is -3.24. The maximum Gasteiger partial charge on any atom is 0.252 e. The number of piperazine rings is 1. The number of hydrogen-bond donors (Lipinski definition) is 0. The minimum absolute atomic E-state index is 0.467. The topological polar surface area (TPSA) is 40.6 Å². The van der Waals surface area contributed by atoms with E-state index in [4.69, 9.17) is 0 Å². The van der Waals surface area contributed by atoms with Gasteiger partial charge in [0.25, 0.3) is 10.0 Å². The van der Waals surface area contributed by atoms with Crippen LogP contribution in [0.3, 0.4) is 0 Å². The van der Waals surface area contributed by atoms with Gasteiger partial charge in [-0.15, -0.1) is 11.3 Å². The molecular weight excluding hydrogens is 244 g/mol. The maximum absolute atomic E-state index is 12.2. The van der Waals surface area contributed by atoms with Gasteiger partial charge in [-0.25, -0.2) is 8.42 Å². The first-order valence-electron chi connectivity index (χ1n) is 5.25. The zero-order valence-corrected chi connectivity index (χ0v) is 11.1. The SMILES string of the molecule is Cc1ccc(S(=O)(=O)N2CCN(C)CC2)s1. The van der Waals surface area contributed by atoms with Crippen LogP contribution in [-0.4, -0.2) is 50.8 Å². The molecule has 0 atom stereocenters. The van der Waals surface area contributed by atoms with Crippen LogP contribution in [0.2, 0.25) is 0 Å². The van der Waals surface area contributed by atoms with Crippen LogP contribution in [0.5, 0.6) is 0 Å². The molecule has 0 amide bonds. The molecule has 0 aliphatic carbocycles. The van der Waals surface area contributed by atoms with Crippen molar-refractivity contribution in [3.8, 4) is 0 Å². The third-order valence-corrected chi connectivity index (χ3v) is 6.14. The highest BCUT2D eigenvalue weighted by atomic mass is 32.2. The molecule has 1 aromatic rings. The van der Waals surface area contributed by atoms with Crippen molar-refractivity contribution in [3.05, 3.63) is 17.0 Å². The molecule has 1 aromatic heterocycles. The average molecular weight is 260 g/mol. The highest BCUT2D eigenvalue weighted by Gasteiger charge is 2.28. The van der Waals surface area contributed by atoms with E-state index in [1.807, 2.05) is 20.0 Å². The van der Waals surface area contributed by atoms with E-state index in [9.17, 15) is 8.42 Å². The first-order chi connectivity index (χ1) is 7.50. The Balaban J connectivity index is 2.20. The average Bonchev–Trinajstić information content (AvgIpc) is 2.66. The maximum atomic E-state index is 12.2. The summed E-state index contributed by atoms with van der Waals surface area (Å²) in [6, 6.07) is 3.56. The molecule has 1 aliphatic rings. The summed E-state index contributed by atoms with van der Waals surface area (Å²) in [5.41, 5.74) is 0. The number of hydrogen-bond acceptors (Lipinski definition) is 4. The normalized spacial score (nSPS) is 20.1. The zero-order chi connectivity index (χ0) is 11.8. The summed E-state index contributed by atoms with van der Waals surface area (Å²) in [4.78, 5) is 3.18. The highest BCUT2D eigenvalue weighted by Crippen LogP contribution is 2.24. The van der Waals surface area contributed by atoms with Crippen molar-refractivity contribution in [3.63, 3.8) is 0 Å². The van der Waals surface area contributed by atoms with Gasteiger partial charge in [-0.3, -0.25) is 0 Å². The van der Waals surface area contributed by atoms with Crippen molar-refractivity contribution in [1.82, 2.24) is 9.21 Å². The molecule has 0 saturated carbocycles. The van der Waals surface area contributed by atoms with E-state index in [1.165, 1.54) is 11.3 Å². The Morgan fingerprint density at radius 3 is 2.31 bits per heavy atom. The molecule has 90 valence electrons. The fourth-order valence-electron chi connectivity index (χ4n) is 1.71. The van der Waals surface area contributed by atoms with Crippen LogP contribution >= 0.6 is 11.3 Å². The Morgan fingerprint density at radius 2 is 1.81 bits per heavy atom.